The van der Waals surface area contributed by atoms with Crippen LogP contribution in [-0.4, -0.2) is 64.3 Å². The third-order valence-corrected chi connectivity index (χ3v) is 9.93. The van der Waals surface area contributed by atoms with Crippen LogP contribution < -0.4 is 10.2 Å². The van der Waals surface area contributed by atoms with Gasteiger partial charge in [0.1, 0.15) is 0 Å². The number of rotatable bonds is 5. The molecule has 6 atom stereocenters. The Morgan fingerprint density at radius 2 is 1.82 bits per heavy atom. The summed E-state index contributed by atoms with van der Waals surface area (Å²) in [5.41, 5.74) is 1.19. The van der Waals surface area contributed by atoms with Crippen LogP contribution in [-0.2, 0) is 14.6 Å². The maximum Gasteiger partial charge on any atom is 0.175 e. The summed E-state index contributed by atoms with van der Waals surface area (Å²) in [5, 5.41) is 3.95. The van der Waals surface area contributed by atoms with E-state index >= 15 is 0 Å². The highest BCUT2D eigenvalue weighted by atomic mass is 32.2. The highest BCUT2D eigenvalue weighted by molar-refractivity contribution is 7.90. The van der Waals surface area contributed by atoms with E-state index in [2.05, 4.69) is 34.2 Å². The molecule has 0 aliphatic carbocycles. The Labute approximate surface area is 206 Å². The second-order valence-corrected chi connectivity index (χ2v) is 13.4. The number of sulfone groups is 1. The third-order valence-electron chi connectivity index (χ3n) is 8.80. The zero-order valence-electron chi connectivity index (χ0n) is 21.0. The zero-order valence-corrected chi connectivity index (χ0v) is 21.8. The minimum absolute atomic E-state index is 0.397. The number of hydrogen-bond acceptors (Lipinski definition) is 6. The van der Waals surface area contributed by atoms with Crippen molar-refractivity contribution >= 4 is 15.5 Å². The molecule has 0 amide bonds. The van der Waals surface area contributed by atoms with Gasteiger partial charge in [-0.3, -0.25) is 4.90 Å². The van der Waals surface area contributed by atoms with Crippen molar-refractivity contribution in [3.8, 4) is 0 Å². The van der Waals surface area contributed by atoms with E-state index in [4.69, 9.17) is 4.74 Å². The summed E-state index contributed by atoms with van der Waals surface area (Å²) in [6, 6.07) is 8.25. The van der Waals surface area contributed by atoms with Crippen molar-refractivity contribution in [1.82, 2.24) is 10.2 Å². The molecule has 6 unspecified atom stereocenters. The molecule has 1 N–H and O–H groups in total. The van der Waals surface area contributed by atoms with E-state index in [0.717, 1.165) is 32.2 Å². The minimum Gasteiger partial charge on any atom is -0.381 e. The van der Waals surface area contributed by atoms with Crippen molar-refractivity contribution in [2.75, 3.05) is 37.5 Å². The average molecular weight is 490 g/mol. The van der Waals surface area contributed by atoms with Gasteiger partial charge in [0.05, 0.1) is 23.8 Å². The van der Waals surface area contributed by atoms with Crippen molar-refractivity contribution in [3.63, 3.8) is 0 Å². The van der Waals surface area contributed by atoms with Crippen molar-refractivity contribution in [2.24, 2.45) is 17.8 Å². The smallest absolute Gasteiger partial charge is 0.175 e. The Morgan fingerprint density at radius 1 is 1.03 bits per heavy atom. The van der Waals surface area contributed by atoms with Gasteiger partial charge >= 0.3 is 0 Å². The molecule has 4 heterocycles. The Balaban J connectivity index is 1.43. The van der Waals surface area contributed by atoms with Gasteiger partial charge in [0, 0.05) is 37.7 Å². The number of anilines is 1. The van der Waals surface area contributed by atoms with Crippen LogP contribution >= 0.6 is 0 Å². The molecule has 0 aromatic heterocycles. The van der Waals surface area contributed by atoms with E-state index in [-0.39, 0.29) is 0 Å². The number of piperidine rings is 1. The molecule has 0 spiro atoms. The zero-order chi connectivity index (χ0) is 23.7. The van der Waals surface area contributed by atoms with Crippen LogP contribution in [0.15, 0.2) is 29.2 Å². The molecular weight excluding hydrogens is 446 g/mol. The molecule has 6 nitrogen and oxygen atoms in total. The maximum atomic E-state index is 12.1. The first kappa shape index (κ1) is 24.5. The highest BCUT2D eigenvalue weighted by Gasteiger charge is 2.48. The predicted octanol–water partition coefficient (Wildman–Crippen LogP) is 4.26. The van der Waals surface area contributed by atoms with Crippen molar-refractivity contribution in [2.45, 2.75) is 88.0 Å². The van der Waals surface area contributed by atoms with Gasteiger partial charge in [-0.1, -0.05) is 19.8 Å². The largest absolute Gasteiger partial charge is 0.381 e. The number of benzene rings is 1. The summed E-state index contributed by atoms with van der Waals surface area (Å²) in [6.45, 7) is 6.40. The highest BCUT2D eigenvalue weighted by Crippen LogP contribution is 2.44. The average Bonchev–Trinajstić information content (AvgIpc) is 3.44. The lowest BCUT2D eigenvalue weighted by molar-refractivity contribution is 0.0333. The van der Waals surface area contributed by atoms with E-state index in [0.29, 0.717) is 35.1 Å². The number of ether oxygens (including phenoxy) is 1. The maximum absolute atomic E-state index is 12.1. The summed E-state index contributed by atoms with van der Waals surface area (Å²) in [7, 11) is -3.18. The molecular formula is C27H43N3O3S. The van der Waals surface area contributed by atoms with Crippen LogP contribution in [0.3, 0.4) is 0 Å². The lowest BCUT2D eigenvalue weighted by Gasteiger charge is -2.48. The third kappa shape index (κ3) is 5.32. The molecule has 5 rings (SSSR count). The fraction of sp³-hybridized carbons (Fsp3) is 0.778. The van der Waals surface area contributed by atoms with Crippen LogP contribution in [0.4, 0.5) is 5.69 Å². The Morgan fingerprint density at radius 3 is 2.56 bits per heavy atom. The second kappa shape index (κ2) is 10.5. The van der Waals surface area contributed by atoms with Crippen LogP contribution in [0.25, 0.3) is 0 Å². The summed E-state index contributed by atoms with van der Waals surface area (Å²) < 4.78 is 29.7. The monoisotopic (exact) mass is 489 g/mol. The van der Waals surface area contributed by atoms with Crippen molar-refractivity contribution in [3.05, 3.63) is 24.3 Å². The Kier molecular flexibility index (Phi) is 7.54. The summed E-state index contributed by atoms with van der Waals surface area (Å²) >= 11 is 0. The van der Waals surface area contributed by atoms with Gasteiger partial charge < -0.3 is 15.0 Å². The van der Waals surface area contributed by atoms with Gasteiger partial charge in [0.25, 0.3) is 0 Å². The van der Waals surface area contributed by atoms with Crippen LogP contribution in [0.1, 0.15) is 64.7 Å². The lowest BCUT2D eigenvalue weighted by atomic mass is 9.88. The molecule has 1 aromatic rings. The van der Waals surface area contributed by atoms with Gasteiger partial charge in [-0.25, -0.2) is 8.42 Å². The summed E-state index contributed by atoms with van der Waals surface area (Å²) in [5.74, 6) is 2.11. The van der Waals surface area contributed by atoms with E-state index < -0.39 is 9.84 Å². The number of hydrogen-bond donors (Lipinski definition) is 1. The van der Waals surface area contributed by atoms with E-state index in [1.807, 2.05) is 0 Å². The topological polar surface area (TPSA) is 61.9 Å². The first-order valence-corrected chi connectivity index (χ1v) is 15.4. The minimum atomic E-state index is -3.18. The van der Waals surface area contributed by atoms with Gasteiger partial charge in [-0.05, 0) is 87.0 Å². The SMILES string of the molecule is CC1CCCC2CC3CCC(NCC4CCOC4)N(CCC1)C3N2c1ccc(S(C)(=O)=O)cc1. The lowest BCUT2D eigenvalue weighted by Crippen LogP contribution is -2.61. The first-order valence-electron chi connectivity index (χ1n) is 13.6. The van der Waals surface area contributed by atoms with Crippen LogP contribution in [0.2, 0.25) is 0 Å². The van der Waals surface area contributed by atoms with Gasteiger partial charge in [0.15, 0.2) is 9.84 Å². The Hall–Kier alpha value is -1.15. The molecule has 0 saturated carbocycles. The predicted molar refractivity (Wildman–Crippen MR) is 137 cm³/mol. The van der Waals surface area contributed by atoms with Gasteiger partial charge in [-0.15, -0.1) is 0 Å². The number of nitrogens with one attached hydrogen (secondary N) is 1. The molecule has 7 heteroatoms. The molecule has 190 valence electrons. The molecule has 4 aliphatic heterocycles. The van der Waals surface area contributed by atoms with Gasteiger partial charge in [-0.2, -0.15) is 0 Å². The molecule has 0 radical (unpaired) electrons. The fourth-order valence-corrected chi connectivity index (χ4v) is 7.59. The van der Waals surface area contributed by atoms with Crippen LogP contribution in [0, 0.1) is 17.8 Å². The molecule has 1 aromatic carbocycles. The van der Waals surface area contributed by atoms with Crippen molar-refractivity contribution < 1.29 is 13.2 Å². The van der Waals surface area contributed by atoms with E-state index in [1.165, 1.54) is 69.7 Å². The van der Waals surface area contributed by atoms with Gasteiger partial charge in [0.2, 0.25) is 0 Å². The van der Waals surface area contributed by atoms with E-state index in [9.17, 15) is 8.42 Å². The second-order valence-electron chi connectivity index (χ2n) is 11.4. The summed E-state index contributed by atoms with van der Waals surface area (Å²) in [4.78, 5) is 5.88. The molecule has 4 fully saturated rings. The first-order chi connectivity index (χ1) is 16.4. The number of nitrogens with zero attached hydrogens (tertiary/aromatic N) is 2. The van der Waals surface area contributed by atoms with Crippen LogP contribution in [0.5, 0.6) is 0 Å². The molecule has 4 saturated heterocycles. The summed E-state index contributed by atoms with van der Waals surface area (Å²) in [6.07, 6.45) is 13.4. The fourth-order valence-electron chi connectivity index (χ4n) is 6.96. The number of fused-ring (bicyclic) bond motifs is 1. The normalized spacial score (nSPS) is 35.3. The standard InChI is InChI=1S/C27H43N3O3S/c1-20-5-3-7-24-17-22-8-13-26(28-18-21-14-16-33-19-21)29(15-4-6-20)27(22)30(24)23-9-11-25(12-10-23)34(2,31)32/h9-12,20-22,24,26-28H,3-8,13-19H2,1-2H3. The molecule has 2 bridgehead atoms. The molecule has 34 heavy (non-hydrogen) atoms. The quantitative estimate of drug-likeness (QED) is 0.667. The molecule has 4 aliphatic rings. The Bertz CT molecular complexity index is 916. The van der Waals surface area contributed by atoms with Crippen molar-refractivity contribution in [1.29, 1.82) is 0 Å². The van der Waals surface area contributed by atoms with E-state index in [1.54, 1.807) is 12.1 Å².